The van der Waals surface area contributed by atoms with Gasteiger partial charge in [-0.2, -0.15) is 0 Å². The predicted octanol–water partition coefficient (Wildman–Crippen LogP) is 4.25. The monoisotopic (exact) mass is 342 g/mol. The van der Waals surface area contributed by atoms with Gasteiger partial charge in [-0.05, 0) is 24.3 Å². The van der Waals surface area contributed by atoms with Crippen molar-refractivity contribution in [2.45, 2.75) is 6.54 Å². The highest BCUT2D eigenvalue weighted by molar-refractivity contribution is 9.10. The summed E-state index contributed by atoms with van der Waals surface area (Å²) in [6.45, 7) is 0.0617. The van der Waals surface area contributed by atoms with Gasteiger partial charge in [0.05, 0.1) is 10.6 Å². The van der Waals surface area contributed by atoms with Crippen LogP contribution in [0.2, 0.25) is 0 Å². The number of nitro groups is 1. The van der Waals surface area contributed by atoms with Gasteiger partial charge in [0.1, 0.15) is 11.6 Å². The van der Waals surface area contributed by atoms with Crippen molar-refractivity contribution in [3.8, 4) is 0 Å². The minimum absolute atomic E-state index is 0.0617. The van der Waals surface area contributed by atoms with E-state index in [2.05, 4.69) is 21.2 Å². The Balaban J connectivity index is 2.20. The van der Waals surface area contributed by atoms with E-state index in [1.165, 1.54) is 12.1 Å². The molecule has 0 spiro atoms. The first-order valence-electron chi connectivity index (χ1n) is 5.59. The third-order valence-electron chi connectivity index (χ3n) is 2.64. The van der Waals surface area contributed by atoms with Gasteiger partial charge in [0.15, 0.2) is 0 Å². The van der Waals surface area contributed by atoms with E-state index in [4.69, 9.17) is 0 Å². The second-order valence-electron chi connectivity index (χ2n) is 4.01. The van der Waals surface area contributed by atoms with E-state index in [0.29, 0.717) is 10.0 Å². The molecule has 0 unspecified atom stereocenters. The Morgan fingerprint density at radius 1 is 1.20 bits per heavy atom. The topological polar surface area (TPSA) is 55.2 Å². The smallest absolute Gasteiger partial charge is 0.275 e. The normalized spacial score (nSPS) is 10.3. The number of anilines is 1. The third kappa shape index (κ3) is 3.30. The third-order valence-corrected chi connectivity index (χ3v) is 3.14. The van der Waals surface area contributed by atoms with Crippen molar-refractivity contribution >= 4 is 27.3 Å². The van der Waals surface area contributed by atoms with Crippen molar-refractivity contribution < 1.29 is 13.7 Å². The Kier molecular flexibility index (Phi) is 4.29. The zero-order valence-corrected chi connectivity index (χ0v) is 11.7. The fourth-order valence-electron chi connectivity index (χ4n) is 1.68. The molecule has 0 amide bonds. The number of benzene rings is 2. The van der Waals surface area contributed by atoms with Gasteiger partial charge >= 0.3 is 0 Å². The Labute approximate surface area is 121 Å². The van der Waals surface area contributed by atoms with Crippen molar-refractivity contribution in [2.75, 3.05) is 5.32 Å². The molecular weight excluding hydrogens is 334 g/mol. The molecule has 4 nitrogen and oxygen atoms in total. The lowest BCUT2D eigenvalue weighted by atomic mass is 10.1. The van der Waals surface area contributed by atoms with Crippen molar-refractivity contribution in [3.63, 3.8) is 0 Å². The van der Waals surface area contributed by atoms with E-state index in [1.807, 2.05) is 0 Å². The Bertz CT molecular complexity index is 665. The molecule has 7 heteroatoms. The molecule has 2 aromatic rings. The molecule has 0 atom stereocenters. The summed E-state index contributed by atoms with van der Waals surface area (Å²) in [5.41, 5.74) is 0.417. The van der Waals surface area contributed by atoms with E-state index in [-0.39, 0.29) is 17.9 Å². The summed E-state index contributed by atoms with van der Waals surface area (Å²) in [5.74, 6) is -1.42. The molecular formula is C13H9BrF2N2O2. The van der Waals surface area contributed by atoms with Gasteiger partial charge in [0, 0.05) is 28.7 Å². The molecule has 0 aliphatic rings. The van der Waals surface area contributed by atoms with Gasteiger partial charge in [0.25, 0.3) is 5.69 Å². The number of hydrogen-bond donors (Lipinski definition) is 1. The summed E-state index contributed by atoms with van der Waals surface area (Å²) in [6, 6.07) is 7.70. The zero-order chi connectivity index (χ0) is 14.7. The van der Waals surface area contributed by atoms with Crippen LogP contribution in [-0.4, -0.2) is 4.92 Å². The molecule has 20 heavy (non-hydrogen) atoms. The van der Waals surface area contributed by atoms with Gasteiger partial charge in [-0.25, -0.2) is 8.78 Å². The van der Waals surface area contributed by atoms with Crippen molar-refractivity contribution in [3.05, 3.63) is 68.2 Å². The standard InChI is InChI=1S/C13H9BrF2N2O2/c14-9-2-1-8(13(5-9)18(19)20)7-17-12-4-3-10(15)6-11(12)16/h1-6,17H,7H2. The first-order valence-corrected chi connectivity index (χ1v) is 6.38. The van der Waals surface area contributed by atoms with Gasteiger partial charge in [-0.3, -0.25) is 10.1 Å². The molecule has 0 aromatic heterocycles. The van der Waals surface area contributed by atoms with Gasteiger partial charge in [0.2, 0.25) is 0 Å². The summed E-state index contributed by atoms with van der Waals surface area (Å²) in [4.78, 5) is 10.4. The van der Waals surface area contributed by atoms with E-state index >= 15 is 0 Å². The molecule has 0 aliphatic heterocycles. The van der Waals surface area contributed by atoms with Crippen LogP contribution in [0, 0.1) is 21.7 Å². The van der Waals surface area contributed by atoms with E-state index < -0.39 is 16.6 Å². The molecule has 0 aliphatic carbocycles. The van der Waals surface area contributed by atoms with Crippen LogP contribution in [0.25, 0.3) is 0 Å². The number of nitrogens with zero attached hydrogens (tertiary/aromatic N) is 1. The zero-order valence-electron chi connectivity index (χ0n) is 10.1. The Hall–Kier alpha value is -2.02. The fraction of sp³-hybridized carbons (Fsp3) is 0.0769. The van der Waals surface area contributed by atoms with Gasteiger partial charge < -0.3 is 5.32 Å². The van der Waals surface area contributed by atoms with Crippen LogP contribution in [0.5, 0.6) is 0 Å². The highest BCUT2D eigenvalue weighted by atomic mass is 79.9. The maximum absolute atomic E-state index is 13.4. The van der Waals surface area contributed by atoms with Gasteiger partial charge in [-0.15, -0.1) is 0 Å². The number of nitro benzene ring substituents is 1. The molecule has 2 aromatic carbocycles. The highest BCUT2D eigenvalue weighted by Crippen LogP contribution is 2.25. The van der Waals surface area contributed by atoms with Crippen LogP contribution in [-0.2, 0) is 6.54 Å². The number of nitrogens with one attached hydrogen (secondary N) is 1. The minimum atomic E-state index is -0.746. The molecule has 0 fully saturated rings. The number of hydrogen-bond acceptors (Lipinski definition) is 3. The van der Waals surface area contributed by atoms with Crippen LogP contribution in [0.1, 0.15) is 5.56 Å². The second kappa shape index (κ2) is 5.96. The summed E-state index contributed by atoms with van der Waals surface area (Å²) in [7, 11) is 0. The van der Waals surface area contributed by atoms with Crippen molar-refractivity contribution in [1.82, 2.24) is 0 Å². The Morgan fingerprint density at radius 3 is 2.60 bits per heavy atom. The highest BCUT2D eigenvalue weighted by Gasteiger charge is 2.14. The molecule has 2 rings (SSSR count). The van der Waals surface area contributed by atoms with Crippen LogP contribution in [0.4, 0.5) is 20.2 Å². The quantitative estimate of drug-likeness (QED) is 0.667. The molecule has 1 N–H and O–H groups in total. The lowest BCUT2D eigenvalue weighted by molar-refractivity contribution is -0.385. The largest absolute Gasteiger partial charge is 0.378 e. The lowest BCUT2D eigenvalue weighted by Crippen LogP contribution is -2.04. The SMILES string of the molecule is O=[N+]([O-])c1cc(Br)ccc1CNc1ccc(F)cc1F. The fourth-order valence-corrected chi connectivity index (χ4v) is 2.03. The summed E-state index contributed by atoms with van der Waals surface area (Å²) in [5, 5.41) is 13.6. The maximum atomic E-state index is 13.4. The second-order valence-corrected chi connectivity index (χ2v) is 4.92. The summed E-state index contributed by atoms with van der Waals surface area (Å²) in [6.07, 6.45) is 0. The van der Waals surface area contributed by atoms with Crippen molar-refractivity contribution in [2.24, 2.45) is 0 Å². The summed E-state index contributed by atoms with van der Waals surface area (Å²) >= 11 is 3.15. The maximum Gasteiger partial charge on any atom is 0.275 e. The molecule has 0 bridgehead atoms. The number of rotatable bonds is 4. The molecule has 0 heterocycles. The first kappa shape index (κ1) is 14.4. The average molecular weight is 343 g/mol. The Morgan fingerprint density at radius 2 is 1.95 bits per heavy atom. The predicted molar refractivity (Wildman–Crippen MR) is 74.5 cm³/mol. The minimum Gasteiger partial charge on any atom is -0.378 e. The van der Waals surface area contributed by atoms with E-state index in [0.717, 1.165) is 12.1 Å². The number of halogens is 3. The van der Waals surface area contributed by atoms with Gasteiger partial charge in [-0.1, -0.05) is 15.9 Å². The molecule has 0 saturated heterocycles. The first-order chi connectivity index (χ1) is 9.47. The van der Waals surface area contributed by atoms with E-state index in [1.54, 1.807) is 12.1 Å². The molecule has 0 saturated carbocycles. The molecule has 0 radical (unpaired) electrons. The van der Waals surface area contributed by atoms with Crippen LogP contribution < -0.4 is 5.32 Å². The van der Waals surface area contributed by atoms with E-state index in [9.17, 15) is 18.9 Å². The summed E-state index contributed by atoms with van der Waals surface area (Å²) < 4.78 is 26.8. The molecule has 104 valence electrons. The average Bonchev–Trinajstić information content (AvgIpc) is 2.38. The van der Waals surface area contributed by atoms with Crippen LogP contribution >= 0.6 is 15.9 Å². The van der Waals surface area contributed by atoms with Crippen molar-refractivity contribution in [1.29, 1.82) is 0 Å². The van der Waals surface area contributed by atoms with Crippen LogP contribution in [0.3, 0.4) is 0 Å². The van der Waals surface area contributed by atoms with Crippen LogP contribution in [0.15, 0.2) is 40.9 Å². The lowest BCUT2D eigenvalue weighted by Gasteiger charge is -2.08.